The number of amides is 1. The lowest BCUT2D eigenvalue weighted by molar-refractivity contribution is -0.144. The molecule has 104 valence electrons. The first-order valence-electron chi connectivity index (χ1n) is 5.80. The van der Waals surface area contributed by atoms with Crippen molar-refractivity contribution in [3.05, 3.63) is 30.1 Å². The van der Waals surface area contributed by atoms with Crippen LogP contribution in [0.25, 0.3) is 0 Å². The van der Waals surface area contributed by atoms with Crippen LogP contribution in [-0.2, 0) is 14.3 Å². The molecule has 6 heteroatoms. The molecule has 0 bridgehead atoms. The summed E-state index contributed by atoms with van der Waals surface area (Å²) >= 11 is 1.13. The van der Waals surface area contributed by atoms with Crippen molar-refractivity contribution in [2.24, 2.45) is 0 Å². The zero-order chi connectivity index (χ0) is 14.3. The Kier molecular flexibility index (Phi) is 6.35. The minimum atomic E-state index is -0.486. The lowest BCUT2D eigenvalue weighted by Crippen LogP contribution is -2.18. The Balaban J connectivity index is 2.29. The van der Waals surface area contributed by atoms with Crippen molar-refractivity contribution < 1.29 is 18.7 Å². The van der Waals surface area contributed by atoms with Gasteiger partial charge in [0.1, 0.15) is 5.82 Å². The average molecular weight is 285 g/mol. The number of benzene rings is 1. The monoisotopic (exact) mass is 285 g/mol. The smallest absolute Gasteiger partial charge is 0.316 e. The largest absolute Gasteiger partial charge is 0.462 e. The van der Waals surface area contributed by atoms with Gasteiger partial charge >= 0.3 is 5.97 Å². The predicted octanol–water partition coefficient (Wildman–Crippen LogP) is 2.45. The Hall–Kier alpha value is -1.56. The first-order valence-corrected chi connectivity index (χ1v) is 6.96. The molecule has 0 aliphatic heterocycles. The van der Waals surface area contributed by atoms with Gasteiger partial charge in [0, 0.05) is 0 Å². The highest BCUT2D eigenvalue weighted by Crippen LogP contribution is 2.13. The van der Waals surface area contributed by atoms with Crippen molar-refractivity contribution in [1.82, 2.24) is 0 Å². The van der Waals surface area contributed by atoms with Crippen LogP contribution in [0.4, 0.5) is 10.1 Å². The summed E-state index contributed by atoms with van der Waals surface area (Å²) in [6.07, 6.45) is -0.166. The van der Waals surface area contributed by atoms with E-state index in [1.807, 2.05) is 0 Å². The molecule has 0 atom stereocenters. The van der Waals surface area contributed by atoms with Gasteiger partial charge in [-0.1, -0.05) is 12.1 Å². The van der Waals surface area contributed by atoms with Crippen molar-refractivity contribution in [2.75, 3.05) is 16.8 Å². The number of esters is 1. The molecule has 0 aliphatic carbocycles. The number of anilines is 1. The summed E-state index contributed by atoms with van der Waals surface area (Å²) in [5.41, 5.74) is 0.137. The maximum Gasteiger partial charge on any atom is 0.316 e. The second-order valence-corrected chi connectivity index (χ2v) is 5.05. The molecule has 0 radical (unpaired) electrons. The number of hydrogen-bond acceptors (Lipinski definition) is 4. The first kappa shape index (κ1) is 15.5. The van der Waals surface area contributed by atoms with Gasteiger partial charge in [-0.15, -0.1) is 11.8 Å². The molecule has 1 aromatic rings. The molecule has 0 saturated carbocycles. The van der Waals surface area contributed by atoms with Crippen molar-refractivity contribution in [3.63, 3.8) is 0 Å². The third-order valence-electron chi connectivity index (χ3n) is 1.97. The first-order chi connectivity index (χ1) is 8.99. The summed E-state index contributed by atoms with van der Waals surface area (Å²) < 4.78 is 18.2. The molecule has 4 nitrogen and oxygen atoms in total. The lowest BCUT2D eigenvalue weighted by atomic mass is 10.3. The average Bonchev–Trinajstić information content (AvgIpc) is 2.31. The van der Waals surface area contributed by atoms with E-state index < -0.39 is 5.82 Å². The summed E-state index contributed by atoms with van der Waals surface area (Å²) in [5.74, 6) is -1.03. The maximum atomic E-state index is 13.2. The number of carbonyl (C=O) groups excluding carboxylic acids is 2. The minimum Gasteiger partial charge on any atom is -0.462 e. The number of rotatable bonds is 6. The van der Waals surface area contributed by atoms with Crippen molar-refractivity contribution in [2.45, 2.75) is 20.0 Å². The Morgan fingerprint density at radius 2 is 2.00 bits per heavy atom. The topological polar surface area (TPSA) is 55.4 Å². The fourth-order valence-corrected chi connectivity index (χ4v) is 1.87. The van der Waals surface area contributed by atoms with Gasteiger partial charge in [0.25, 0.3) is 0 Å². The third-order valence-corrected chi connectivity index (χ3v) is 2.87. The summed E-state index contributed by atoms with van der Waals surface area (Å²) in [4.78, 5) is 22.7. The molecule has 1 amide bonds. The quantitative estimate of drug-likeness (QED) is 0.816. The molecule has 0 unspecified atom stereocenters. The van der Waals surface area contributed by atoms with Crippen LogP contribution < -0.4 is 5.32 Å². The van der Waals surface area contributed by atoms with Crippen molar-refractivity contribution in [3.8, 4) is 0 Å². The second-order valence-electron chi connectivity index (χ2n) is 4.06. The highest BCUT2D eigenvalue weighted by Gasteiger charge is 2.09. The van der Waals surface area contributed by atoms with Crippen LogP contribution in [0.3, 0.4) is 0 Å². The molecular weight excluding hydrogens is 269 g/mol. The molecule has 0 spiro atoms. The highest BCUT2D eigenvalue weighted by atomic mass is 32.2. The number of halogens is 1. The Labute approximate surface area is 115 Å². The third kappa shape index (κ3) is 6.24. The van der Waals surface area contributed by atoms with Crippen LogP contribution in [0.1, 0.15) is 13.8 Å². The Morgan fingerprint density at radius 1 is 1.32 bits per heavy atom. The fourth-order valence-electron chi connectivity index (χ4n) is 1.27. The van der Waals surface area contributed by atoms with E-state index in [4.69, 9.17) is 4.74 Å². The van der Waals surface area contributed by atoms with Crippen LogP contribution in [0.15, 0.2) is 24.3 Å². The van der Waals surface area contributed by atoms with Gasteiger partial charge in [-0.3, -0.25) is 9.59 Å². The van der Waals surface area contributed by atoms with E-state index in [0.29, 0.717) is 0 Å². The number of hydrogen-bond donors (Lipinski definition) is 1. The van der Waals surface area contributed by atoms with E-state index in [-0.39, 0.29) is 35.2 Å². The van der Waals surface area contributed by atoms with E-state index in [1.54, 1.807) is 26.0 Å². The second kappa shape index (κ2) is 7.78. The van der Waals surface area contributed by atoms with Gasteiger partial charge in [-0.2, -0.15) is 0 Å². The van der Waals surface area contributed by atoms with Crippen molar-refractivity contribution >= 4 is 29.3 Å². The van der Waals surface area contributed by atoms with Crippen LogP contribution in [0.5, 0.6) is 0 Å². The van der Waals surface area contributed by atoms with E-state index in [0.717, 1.165) is 11.8 Å². The Bertz CT molecular complexity index is 451. The molecule has 0 aromatic heterocycles. The SMILES string of the molecule is CC(C)OC(=O)CSCC(=O)Nc1ccccc1F. The van der Waals surface area contributed by atoms with E-state index in [2.05, 4.69) is 5.32 Å². The number of ether oxygens (including phenoxy) is 1. The van der Waals surface area contributed by atoms with Gasteiger partial charge in [-0.05, 0) is 26.0 Å². The minimum absolute atomic E-state index is 0.0710. The molecule has 0 saturated heterocycles. The normalized spacial score (nSPS) is 10.3. The molecule has 1 aromatic carbocycles. The molecule has 1 N–H and O–H groups in total. The van der Waals surface area contributed by atoms with E-state index in [1.165, 1.54) is 12.1 Å². The predicted molar refractivity (Wildman–Crippen MR) is 73.6 cm³/mol. The lowest BCUT2D eigenvalue weighted by Gasteiger charge is -2.08. The summed E-state index contributed by atoms with van der Waals surface area (Å²) in [7, 11) is 0. The summed E-state index contributed by atoms with van der Waals surface area (Å²) in [6, 6.07) is 5.92. The standard InChI is InChI=1S/C13H16FNO3S/c1-9(2)18-13(17)8-19-7-12(16)15-11-6-4-3-5-10(11)14/h3-6,9H,7-8H2,1-2H3,(H,15,16). The molecule has 0 aliphatic rings. The Morgan fingerprint density at radius 3 is 2.63 bits per heavy atom. The number of para-hydroxylation sites is 1. The molecule has 19 heavy (non-hydrogen) atoms. The number of thioether (sulfide) groups is 1. The van der Waals surface area contributed by atoms with Gasteiger partial charge in [0.05, 0.1) is 23.3 Å². The molecular formula is C13H16FNO3S. The van der Waals surface area contributed by atoms with Gasteiger partial charge in [-0.25, -0.2) is 4.39 Å². The van der Waals surface area contributed by atoms with Crippen LogP contribution in [0, 0.1) is 5.82 Å². The van der Waals surface area contributed by atoms with Crippen LogP contribution >= 0.6 is 11.8 Å². The van der Waals surface area contributed by atoms with E-state index in [9.17, 15) is 14.0 Å². The fraction of sp³-hybridized carbons (Fsp3) is 0.385. The zero-order valence-electron chi connectivity index (χ0n) is 10.8. The molecule has 0 fully saturated rings. The summed E-state index contributed by atoms with van der Waals surface area (Å²) in [5, 5.41) is 2.44. The van der Waals surface area contributed by atoms with Gasteiger partial charge in [0.2, 0.25) is 5.91 Å². The number of carbonyl (C=O) groups is 2. The van der Waals surface area contributed by atoms with Crippen LogP contribution in [-0.4, -0.2) is 29.5 Å². The summed E-state index contributed by atoms with van der Waals surface area (Å²) in [6.45, 7) is 3.51. The van der Waals surface area contributed by atoms with Crippen molar-refractivity contribution in [1.29, 1.82) is 0 Å². The number of nitrogens with one attached hydrogen (secondary N) is 1. The zero-order valence-corrected chi connectivity index (χ0v) is 11.6. The highest BCUT2D eigenvalue weighted by molar-refractivity contribution is 8.00. The van der Waals surface area contributed by atoms with Crippen LogP contribution in [0.2, 0.25) is 0 Å². The molecule has 0 heterocycles. The van der Waals surface area contributed by atoms with Gasteiger partial charge < -0.3 is 10.1 Å². The maximum absolute atomic E-state index is 13.2. The molecule has 1 rings (SSSR count). The van der Waals surface area contributed by atoms with Gasteiger partial charge in [0.15, 0.2) is 0 Å². The van der Waals surface area contributed by atoms with E-state index >= 15 is 0 Å².